The van der Waals surface area contributed by atoms with Crippen LogP contribution in [0.4, 0.5) is 5.82 Å². The maximum absolute atomic E-state index is 11.5. The van der Waals surface area contributed by atoms with Crippen LogP contribution in [0.2, 0.25) is 0 Å². The Bertz CT molecular complexity index is 1160. The molecule has 0 spiro atoms. The van der Waals surface area contributed by atoms with Crippen LogP contribution in [-0.2, 0) is 5.75 Å². The number of nitrogens with two attached hydrogens (primary N) is 1. The van der Waals surface area contributed by atoms with Gasteiger partial charge in [-0.2, -0.15) is 4.68 Å². The maximum Gasteiger partial charge on any atom is 0.254 e. The molecule has 4 aromatic rings. The number of tetrazole rings is 1. The third kappa shape index (κ3) is 2.81. The van der Waals surface area contributed by atoms with Crippen molar-refractivity contribution in [3.63, 3.8) is 0 Å². The lowest BCUT2D eigenvalue weighted by atomic mass is 10.1. The summed E-state index contributed by atoms with van der Waals surface area (Å²) in [6, 6.07) is 7.38. The van der Waals surface area contributed by atoms with Crippen LogP contribution in [0.1, 0.15) is 17.0 Å². The average molecular weight is 369 g/mol. The van der Waals surface area contributed by atoms with Gasteiger partial charge >= 0.3 is 0 Å². The number of aromatic amines is 1. The number of hydrogen-bond donors (Lipinski definition) is 2. The third-order valence-electron chi connectivity index (χ3n) is 3.85. The smallest absolute Gasteiger partial charge is 0.254 e. The molecule has 3 heterocycles. The molecule has 0 fully saturated rings. The predicted octanol–water partition coefficient (Wildman–Crippen LogP) is 0.885. The minimum absolute atomic E-state index is 0.269. The van der Waals surface area contributed by atoms with Crippen LogP contribution in [0.25, 0.3) is 11.5 Å². The highest BCUT2D eigenvalue weighted by Gasteiger charge is 2.15. The number of thioether (sulfide) groups is 1. The molecule has 0 aliphatic carbocycles. The third-order valence-corrected chi connectivity index (χ3v) is 4.78. The summed E-state index contributed by atoms with van der Waals surface area (Å²) in [4.78, 5) is 14.1. The average Bonchev–Trinajstić information content (AvgIpc) is 3.19. The maximum atomic E-state index is 11.5. The second-order valence-corrected chi connectivity index (χ2v) is 6.73. The molecule has 11 heteroatoms. The Morgan fingerprint density at radius 3 is 2.85 bits per heavy atom. The summed E-state index contributed by atoms with van der Waals surface area (Å²) in [5, 5.41) is 20.6. The molecule has 0 saturated heterocycles. The standard InChI is InChI=1S/C15H15N9OS/c1-8-3-4-10(9(2)5-8)24-12(18-21-22-24)7-26-15-20-19-14-17-13(25)6-11(16)23(14)15/h3-6H,7,16H2,1-2H3,(H,17,19,25). The van der Waals surface area contributed by atoms with Crippen LogP contribution in [0.15, 0.2) is 34.2 Å². The van der Waals surface area contributed by atoms with E-state index in [-0.39, 0.29) is 11.4 Å². The van der Waals surface area contributed by atoms with Crippen molar-refractivity contribution in [1.29, 1.82) is 0 Å². The van der Waals surface area contributed by atoms with E-state index in [1.54, 1.807) is 9.08 Å². The number of rotatable bonds is 4. The van der Waals surface area contributed by atoms with E-state index in [0.717, 1.165) is 11.3 Å². The normalized spacial score (nSPS) is 11.3. The van der Waals surface area contributed by atoms with E-state index < -0.39 is 0 Å². The summed E-state index contributed by atoms with van der Waals surface area (Å²) in [7, 11) is 0. The van der Waals surface area contributed by atoms with E-state index in [9.17, 15) is 4.79 Å². The largest absolute Gasteiger partial charge is 0.385 e. The van der Waals surface area contributed by atoms with Gasteiger partial charge in [-0.1, -0.05) is 29.5 Å². The van der Waals surface area contributed by atoms with Gasteiger partial charge in [-0.25, -0.2) is 4.40 Å². The number of benzene rings is 1. The Kier molecular flexibility index (Phi) is 3.92. The molecular weight excluding hydrogens is 354 g/mol. The Labute approximate surface area is 151 Å². The molecule has 3 aromatic heterocycles. The monoisotopic (exact) mass is 369 g/mol. The molecule has 3 N–H and O–H groups in total. The summed E-state index contributed by atoms with van der Waals surface area (Å²) in [6.45, 7) is 4.06. The van der Waals surface area contributed by atoms with Gasteiger partial charge in [0.2, 0.25) is 5.78 Å². The first-order chi connectivity index (χ1) is 12.5. The quantitative estimate of drug-likeness (QED) is 0.507. The number of aromatic nitrogens is 8. The number of hydrogen-bond acceptors (Lipinski definition) is 8. The molecule has 0 radical (unpaired) electrons. The molecular formula is C15H15N9OS. The summed E-state index contributed by atoms with van der Waals surface area (Å²) < 4.78 is 3.29. The molecule has 132 valence electrons. The van der Waals surface area contributed by atoms with Gasteiger partial charge in [0.05, 0.1) is 11.4 Å². The lowest BCUT2D eigenvalue weighted by Crippen LogP contribution is -2.11. The Morgan fingerprint density at radius 1 is 1.19 bits per heavy atom. The molecule has 1 aromatic carbocycles. The fourth-order valence-electron chi connectivity index (χ4n) is 2.68. The summed E-state index contributed by atoms with van der Waals surface area (Å²) >= 11 is 1.38. The van der Waals surface area contributed by atoms with Crippen molar-refractivity contribution in [1.82, 2.24) is 39.8 Å². The van der Waals surface area contributed by atoms with Crippen molar-refractivity contribution in [3.8, 4) is 5.69 Å². The molecule has 0 atom stereocenters. The van der Waals surface area contributed by atoms with Gasteiger partial charge in [0.1, 0.15) is 5.82 Å². The van der Waals surface area contributed by atoms with E-state index in [2.05, 4.69) is 36.8 Å². The van der Waals surface area contributed by atoms with Crippen molar-refractivity contribution < 1.29 is 0 Å². The van der Waals surface area contributed by atoms with Gasteiger partial charge in [-0.05, 0) is 35.9 Å². The van der Waals surface area contributed by atoms with Crippen LogP contribution < -0.4 is 11.3 Å². The van der Waals surface area contributed by atoms with E-state index in [1.165, 1.54) is 23.4 Å². The van der Waals surface area contributed by atoms with Crippen molar-refractivity contribution >= 4 is 23.4 Å². The highest BCUT2D eigenvalue weighted by atomic mass is 32.2. The van der Waals surface area contributed by atoms with Gasteiger partial charge in [-0.15, -0.1) is 15.3 Å². The van der Waals surface area contributed by atoms with Gasteiger partial charge in [0.25, 0.3) is 5.56 Å². The lowest BCUT2D eigenvalue weighted by Gasteiger charge is -2.08. The zero-order valence-corrected chi connectivity index (χ0v) is 14.9. The van der Waals surface area contributed by atoms with Gasteiger partial charge in [0.15, 0.2) is 11.0 Å². The molecule has 0 aliphatic rings. The lowest BCUT2D eigenvalue weighted by molar-refractivity contribution is 0.773. The van der Waals surface area contributed by atoms with Gasteiger partial charge in [-0.3, -0.25) is 9.78 Å². The number of anilines is 1. The molecule has 4 rings (SSSR count). The van der Waals surface area contributed by atoms with E-state index in [0.29, 0.717) is 22.5 Å². The molecule has 0 unspecified atom stereocenters. The Morgan fingerprint density at radius 2 is 2.04 bits per heavy atom. The molecule has 26 heavy (non-hydrogen) atoms. The zero-order valence-electron chi connectivity index (χ0n) is 14.0. The first-order valence-corrected chi connectivity index (χ1v) is 8.73. The zero-order chi connectivity index (χ0) is 18.3. The van der Waals surface area contributed by atoms with Crippen molar-refractivity contribution in [3.05, 3.63) is 51.6 Å². The number of fused-ring (bicyclic) bond motifs is 1. The topological polar surface area (TPSA) is 133 Å². The number of H-pyrrole nitrogens is 1. The predicted molar refractivity (Wildman–Crippen MR) is 96.2 cm³/mol. The molecule has 0 bridgehead atoms. The highest BCUT2D eigenvalue weighted by molar-refractivity contribution is 7.98. The highest BCUT2D eigenvalue weighted by Crippen LogP contribution is 2.23. The van der Waals surface area contributed by atoms with Crippen LogP contribution in [-0.4, -0.2) is 39.8 Å². The van der Waals surface area contributed by atoms with E-state index in [4.69, 9.17) is 5.73 Å². The van der Waals surface area contributed by atoms with Crippen LogP contribution in [0.3, 0.4) is 0 Å². The van der Waals surface area contributed by atoms with Crippen LogP contribution >= 0.6 is 11.8 Å². The minimum atomic E-state index is -0.322. The summed E-state index contributed by atoms with van der Waals surface area (Å²) in [5.41, 5.74) is 8.77. The number of nitrogens with zero attached hydrogens (tertiary/aromatic N) is 7. The van der Waals surface area contributed by atoms with Crippen LogP contribution in [0.5, 0.6) is 0 Å². The minimum Gasteiger partial charge on any atom is -0.385 e. The first kappa shape index (κ1) is 16.3. The summed E-state index contributed by atoms with van der Waals surface area (Å²) in [6.07, 6.45) is 0. The SMILES string of the molecule is Cc1ccc(-n2nnnc2CSc2nnc3[nH]c(=O)cc(N)n23)c(C)c1. The summed E-state index contributed by atoms with van der Waals surface area (Å²) in [5.74, 6) is 1.69. The Hall–Kier alpha value is -3.21. The number of nitrogen functional groups attached to an aromatic ring is 1. The van der Waals surface area contributed by atoms with E-state index in [1.807, 2.05) is 26.0 Å². The molecule has 0 aliphatic heterocycles. The number of aryl methyl sites for hydroxylation is 2. The molecule has 0 amide bonds. The molecule has 10 nitrogen and oxygen atoms in total. The first-order valence-electron chi connectivity index (χ1n) is 7.74. The number of nitrogens with one attached hydrogen (secondary N) is 1. The van der Waals surface area contributed by atoms with E-state index >= 15 is 0 Å². The molecule has 0 saturated carbocycles. The Balaban J connectivity index is 1.64. The van der Waals surface area contributed by atoms with Gasteiger partial charge < -0.3 is 5.73 Å². The fourth-order valence-corrected chi connectivity index (χ4v) is 3.54. The van der Waals surface area contributed by atoms with Crippen molar-refractivity contribution in [2.75, 3.05) is 5.73 Å². The second kappa shape index (κ2) is 6.26. The second-order valence-electron chi connectivity index (χ2n) is 5.79. The van der Waals surface area contributed by atoms with Crippen LogP contribution in [0, 0.1) is 13.8 Å². The fraction of sp³-hybridized carbons (Fsp3) is 0.200. The van der Waals surface area contributed by atoms with Crippen molar-refractivity contribution in [2.24, 2.45) is 0 Å². The van der Waals surface area contributed by atoms with Gasteiger partial charge in [0, 0.05) is 6.07 Å². The van der Waals surface area contributed by atoms with Crippen molar-refractivity contribution in [2.45, 2.75) is 24.8 Å².